The summed E-state index contributed by atoms with van der Waals surface area (Å²) in [5.41, 5.74) is 2.47. The first-order valence-electron chi connectivity index (χ1n) is 6.96. The highest BCUT2D eigenvalue weighted by Crippen LogP contribution is 2.35. The van der Waals surface area contributed by atoms with Crippen molar-refractivity contribution in [3.05, 3.63) is 52.5 Å². The van der Waals surface area contributed by atoms with Gasteiger partial charge in [0.1, 0.15) is 12.7 Å². The van der Waals surface area contributed by atoms with Gasteiger partial charge in [0, 0.05) is 11.3 Å². The summed E-state index contributed by atoms with van der Waals surface area (Å²) in [5.74, 6) is 1.58. The van der Waals surface area contributed by atoms with Crippen LogP contribution in [0.15, 0.2) is 36.4 Å². The minimum absolute atomic E-state index is 0.142. The van der Waals surface area contributed by atoms with E-state index in [0.717, 1.165) is 29.2 Å². The number of rotatable bonds is 3. The van der Waals surface area contributed by atoms with Gasteiger partial charge in [-0.15, -0.1) is 0 Å². The molecule has 0 saturated carbocycles. The number of nitrogens with zero attached hydrogens (tertiary/aromatic N) is 1. The van der Waals surface area contributed by atoms with Gasteiger partial charge in [-0.2, -0.15) is 5.26 Å². The summed E-state index contributed by atoms with van der Waals surface area (Å²) in [7, 11) is 1.64. The molecule has 0 aliphatic carbocycles. The monoisotopic (exact) mass is 314 g/mol. The molecule has 2 aromatic carbocycles. The summed E-state index contributed by atoms with van der Waals surface area (Å²) >= 11 is 6.06. The molecule has 1 N–H and O–H groups in total. The number of anilines is 1. The number of nitriles is 1. The van der Waals surface area contributed by atoms with Crippen LogP contribution in [-0.4, -0.2) is 19.8 Å². The lowest BCUT2D eigenvalue weighted by molar-refractivity contribution is 0.256. The molecule has 1 atom stereocenters. The average molecular weight is 315 g/mol. The van der Waals surface area contributed by atoms with E-state index in [9.17, 15) is 0 Å². The summed E-state index contributed by atoms with van der Waals surface area (Å²) in [4.78, 5) is 0. The molecule has 22 heavy (non-hydrogen) atoms. The van der Waals surface area contributed by atoms with Crippen molar-refractivity contribution in [1.29, 1.82) is 5.26 Å². The Morgan fingerprint density at radius 2 is 2.23 bits per heavy atom. The second kappa shape index (κ2) is 6.17. The zero-order valence-electron chi connectivity index (χ0n) is 12.1. The normalized spacial score (nSPS) is 16.1. The van der Waals surface area contributed by atoms with Crippen molar-refractivity contribution in [2.45, 2.75) is 12.5 Å². The van der Waals surface area contributed by atoms with Gasteiger partial charge in [-0.3, -0.25) is 0 Å². The van der Waals surface area contributed by atoms with Gasteiger partial charge in [0.25, 0.3) is 0 Å². The second-order valence-corrected chi connectivity index (χ2v) is 5.52. The Hall–Kier alpha value is -2.38. The minimum Gasteiger partial charge on any atom is -0.493 e. The van der Waals surface area contributed by atoms with Crippen molar-refractivity contribution < 1.29 is 9.47 Å². The molecule has 0 amide bonds. The lowest BCUT2D eigenvalue weighted by Crippen LogP contribution is -2.33. The van der Waals surface area contributed by atoms with Gasteiger partial charge in [-0.25, -0.2) is 0 Å². The Bertz CT molecular complexity index is 740. The van der Waals surface area contributed by atoms with Gasteiger partial charge < -0.3 is 14.8 Å². The largest absolute Gasteiger partial charge is 0.493 e. The number of fused-ring (bicyclic) bond motifs is 1. The quantitative estimate of drug-likeness (QED) is 0.940. The van der Waals surface area contributed by atoms with E-state index < -0.39 is 0 Å². The number of benzene rings is 2. The first-order valence-corrected chi connectivity index (χ1v) is 7.34. The second-order valence-electron chi connectivity index (χ2n) is 5.11. The number of methoxy groups -OCH3 is 1. The summed E-state index contributed by atoms with van der Waals surface area (Å²) in [5, 5.41) is 12.7. The number of para-hydroxylation sites is 1. The summed E-state index contributed by atoms with van der Waals surface area (Å²) < 4.78 is 11.1. The van der Waals surface area contributed by atoms with Gasteiger partial charge in [0.05, 0.1) is 23.7 Å². The predicted molar refractivity (Wildman–Crippen MR) is 85.8 cm³/mol. The number of ether oxygens (including phenoxy) is 2. The molecule has 3 rings (SSSR count). The molecule has 0 fully saturated rings. The van der Waals surface area contributed by atoms with E-state index >= 15 is 0 Å². The van der Waals surface area contributed by atoms with Crippen molar-refractivity contribution in [2.24, 2.45) is 0 Å². The summed E-state index contributed by atoms with van der Waals surface area (Å²) in [6.45, 7) is 0.547. The molecule has 1 unspecified atom stereocenters. The average Bonchev–Trinajstić information content (AvgIpc) is 2.54. The van der Waals surface area contributed by atoms with Crippen molar-refractivity contribution >= 4 is 17.3 Å². The molecule has 0 bridgehead atoms. The molecular formula is C17H15ClN2O2. The zero-order chi connectivity index (χ0) is 15.5. The molecule has 0 saturated heterocycles. The molecule has 1 heterocycles. The molecule has 2 aromatic rings. The lowest BCUT2D eigenvalue weighted by Gasteiger charge is -2.28. The molecule has 5 heteroatoms. The third-order valence-corrected chi connectivity index (χ3v) is 3.95. The van der Waals surface area contributed by atoms with Crippen LogP contribution >= 0.6 is 11.6 Å². The van der Waals surface area contributed by atoms with E-state index in [1.54, 1.807) is 19.2 Å². The molecule has 1 aliphatic heterocycles. The molecule has 0 aromatic heterocycles. The van der Waals surface area contributed by atoms with Crippen LogP contribution in [0.25, 0.3) is 0 Å². The van der Waals surface area contributed by atoms with Crippen LogP contribution in [0.3, 0.4) is 0 Å². The molecular weight excluding hydrogens is 300 g/mol. The number of halogens is 1. The highest BCUT2D eigenvalue weighted by Gasteiger charge is 2.22. The topological polar surface area (TPSA) is 54.3 Å². The number of hydrogen-bond acceptors (Lipinski definition) is 4. The standard InChI is InChI=1S/C17H15ClN2O2/c1-21-16-4-2-3-11-7-14(10-22-17(11)16)20-13-6-5-12(9-19)15(18)8-13/h2-6,8,14,20H,7,10H2,1H3. The van der Waals surface area contributed by atoms with E-state index in [4.69, 9.17) is 26.3 Å². The minimum atomic E-state index is 0.142. The van der Waals surface area contributed by atoms with Gasteiger partial charge in [0.2, 0.25) is 0 Å². The van der Waals surface area contributed by atoms with Crippen LogP contribution in [0.4, 0.5) is 5.69 Å². The van der Waals surface area contributed by atoms with Crippen molar-refractivity contribution in [3.63, 3.8) is 0 Å². The van der Waals surface area contributed by atoms with Crippen LogP contribution < -0.4 is 14.8 Å². The summed E-state index contributed by atoms with van der Waals surface area (Å²) in [6, 6.07) is 13.4. The molecule has 4 nitrogen and oxygen atoms in total. The van der Waals surface area contributed by atoms with Crippen LogP contribution in [0, 0.1) is 11.3 Å². The lowest BCUT2D eigenvalue weighted by atomic mass is 10.0. The van der Waals surface area contributed by atoms with Crippen molar-refractivity contribution in [3.8, 4) is 17.6 Å². The first kappa shape index (κ1) is 14.6. The van der Waals surface area contributed by atoms with E-state index in [0.29, 0.717) is 17.2 Å². The smallest absolute Gasteiger partial charge is 0.164 e. The highest BCUT2D eigenvalue weighted by atomic mass is 35.5. The first-order chi connectivity index (χ1) is 10.7. The fraction of sp³-hybridized carbons (Fsp3) is 0.235. The third-order valence-electron chi connectivity index (χ3n) is 3.64. The fourth-order valence-corrected chi connectivity index (χ4v) is 2.80. The Labute approximate surface area is 134 Å². The van der Waals surface area contributed by atoms with Crippen LogP contribution in [0.5, 0.6) is 11.5 Å². The fourth-order valence-electron chi connectivity index (χ4n) is 2.58. The SMILES string of the molecule is COc1cccc2c1OCC(Nc1ccc(C#N)c(Cl)c1)C2. The van der Waals surface area contributed by atoms with Crippen LogP contribution in [0.1, 0.15) is 11.1 Å². The van der Waals surface area contributed by atoms with E-state index in [1.165, 1.54) is 0 Å². The predicted octanol–water partition coefficient (Wildman–Crippen LogP) is 3.64. The maximum atomic E-state index is 8.90. The van der Waals surface area contributed by atoms with Gasteiger partial charge >= 0.3 is 0 Å². The van der Waals surface area contributed by atoms with E-state index in [2.05, 4.69) is 11.4 Å². The number of nitrogens with one attached hydrogen (secondary N) is 1. The zero-order valence-corrected chi connectivity index (χ0v) is 12.9. The van der Waals surface area contributed by atoms with Crippen molar-refractivity contribution in [2.75, 3.05) is 19.0 Å². The van der Waals surface area contributed by atoms with E-state index in [-0.39, 0.29) is 6.04 Å². The molecule has 112 valence electrons. The van der Waals surface area contributed by atoms with E-state index in [1.807, 2.05) is 24.3 Å². The van der Waals surface area contributed by atoms with Gasteiger partial charge in [-0.1, -0.05) is 23.7 Å². The Morgan fingerprint density at radius 3 is 2.95 bits per heavy atom. The maximum Gasteiger partial charge on any atom is 0.164 e. The number of hydrogen-bond donors (Lipinski definition) is 1. The van der Waals surface area contributed by atoms with Gasteiger partial charge in [-0.05, 0) is 30.7 Å². The maximum absolute atomic E-state index is 8.90. The highest BCUT2D eigenvalue weighted by molar-refractivity contribution is 6.32. The third kappa shape index (κ3) is 2.81. The van der Waals surface area contributed by atoms with Crippen LogP contribution in [0.2, 0.25) is 5.02 Å². The Kier molecular flexibility index (Phi) is 4.08. The van der Waals surface area contributed by atoms with Crippen LogP contribution in [-0.2, 0) is 6.42 Å². The molecule has 0 spiro atoms. The Morgan fingerprint density at radius 1 is 1.36 bits per heavy atom. The Balaban J connectivity index is 1.76. The molecule has 0 radical (unpaired) electrons. The van der Waals surface area contributed by atoms with Crippen molar-refractivity contribution in [1.82, 2.24) is 0 Å². The van der Waals surface area contributed by atoms with Gasteiger partial charge in [0.15, 0.2) is 11.5 Å². The molecule has 1 aliphatic rings. The summed E-state index contributed by atoms with van der Waals surface area (Å²) in [6.07, 6.45) is 0.837.